The summed E-state index contributed by atoms with van der Waals surface area (Å²) in [5.41, 5.74) is 7.40. The lowest BCUT2D eigenvalue weighted by Crippen LogP contribution is -1.99. The van der Waals surface area contributed by atoms with Gasteiger partial charge in [-0.3, -0.25) is 0 Å². The number of rotatable bonds is 3. The summed E-state index contributed by atoms with van der Waals surface area (Å²) in [6, 6.07) is 8.89. The van der Waals surface area contributed by atoms with Crippen molar-refractivity contribution < 1.29 is 4.74 Å². The zero-order chi connectivity index (χ0) is 13.1. The van der Waals surface area contributed by atoms with E-state index in [4.69, 9.17) is 33.7 Å². The maximum absolute atomic E-state index is 6.05. The summed E-state index contributed by atoms with van der Waals surface area (Å²) < 4.78 is 5.63. The summed E-state index contributed by atoms with van der Waals surface area (Å²) in [4.78, 5) is 4.27. The molecule has 1 heterocycles. The van der Waals surface area contributed by atoms with Crippen molar-refractivity contribution in [1.29, 1.82) is 0 Å². The number of halogens is 2. The second-order valence-electron chi connectivity index (χ2n) is 3.81. The molecule has 2 rings (SSSR count). The second-order valence-corrected chi connectivity index (χ2v) is 4.60. The predicted molar refractivity (Wildman–Crippen MR) is 73.4 cm³/mol. The molecule has 0 radical (unpaired) electrons. The van der Waals surface area contributed by atoms with Crippen LogP contribution in [-0.2, 0) is 6.54 Å². The van der Waals surface area contributed by atoms with Crippen molar-refractivity contribution in [3.8, 4) is 11.6 Å². The summed E-state index contributed by atoms with van der Waals surface area (Å²) in [7, 11) is 0. The largest absolute Gasteiger partial charge is 0.437 e. The standard InChI is InChI=1S/C13H12Cl2N2O/c1-8-5-9(7-16)6-12(17-8)18-11-4-2-3-10(14)13(11)15/h2-6H,7,16H2,1H3. The molecule has 1 aromatic carbocycles. The Labute approximate surface area is 115 Å². The summed E-state index contributed by atoms with van der Waals surface area (Å²) in [5.74, 6) is 0.935. The van der Waals surface area contributed by atoms with Gasteiger partial charge in [0.1, 0.15) is 10.8 Å². The van der Waals surface area contributed by atoms with Crippen LogP contribution in [0.1, 0.15) is 11.3 Å². The third kappa shape index (κ3) is 2.93. The van der Waals surface area contributed by atoms with Crippen molar-refractivity contribution in [2.24, 2.45) is 5.73 Å². The lowest BCUT2D eigenvalue weighted by Gasteiger charge is -2.09. The van der Waals surface area contributed by atoms with E-state index in [-0.39, 0.29) is 0 Å². The van der Waals surface area contributed by atoms with E-state index in [1.165, 1.54) is 0 Å². The van der Waals surface area contributed by atoms with Crippen LogP contribution in [0.4, 0.5) is 0 Å². The van der Waals surface area contributed by atoms with Gasteiger partial charge in [0, 0.05) is 18.3 Å². The lowest BCUT2D eigenvalue weighted by molar-refractivity contribution is 0.461. The molecule has 0 spiro atoms. The molecule has 1 aromatic heterocycles. The van der Waals surface area contributed by atoms with Gasteiger partial charge >= 0.3 is 0 Å². The first-order valence-corrected chi connectivity index (χ1v) is 6.15. The molecule has 5 heteroatoms. The highest BCUT2D eigenvalue weighted by Crippen LogP contribution is 2.34. The van der Waals surface area contributed by atoms with Crippen molar-refractivity contribution in [2.75, 3.05) is 0 Å². The summed E-state index contributed by atoms with van der Waals surface area (Å²) in [5, 5.41) is 0.817. The molecule has 0 atom stereocenters. The molecule has 2 aromatic rings. The minimum atomic E-state index is 0.372. The van der Waals surface area contributed by atoms with Gasteiger partial charge in [0.2, 0.25) is 5.88 Å². The average molecular weight is 283 g/mol. The van der Waals surface area contributed by atoms with E-state index in [9.17, 15) is 0 Å². The van der Waals surface area contributed by atoms with Crippen LogP contribution in [-0.4, -0.2) is 4.98 Å². The Morgan fingerprint density at radius 2 is 2.06 bits per heavy atom. The first-order chi connectivity index (χ1) is 8.60. The number of aromatic nitrogens is 1. The van der Waals surface area contributed by atoms with Gasteiger partial charge in [0.05, 0.1) is 5.02 Å². The molecule has 0 saturated heterocycles. The smallest absolute Gasteiger partial charge is 0.219 e. The Kier molecular flexibility index (Phi) is 4.07. The Hall–Kier alpha value is -1.29. The monoisotopic (exact) mass is 282 g/mol. The van der Waals surface area contributed by atoms with E-state index in [2.05, 4.69) is 4.98 Å². The van der Waals surface area contributed by atoms with Gasteiger partial charge in [-0.25, -0.2) is 4.98 Å². The van der Waals surface area contributed by atoms with Crippen LogP contribution in [0.25, 0.3) is 0 Å². The Bertz CT molecular complexity index is 573. The maximum Gasteiger partial charge on any atom is 0.219 e. The van der Waals surface area contributed by atoms with Crippen LogP contribution >= 0.6 is 23.2 Å². The molecule has 2 N–H and O–H groups in total. The molecule has 18 heavy (non-hydrogen) atoms. The molecule has 0 amide bonds. The van der Waals surface area contributed by atoms with E-state index in [1.807, 2.05) is 13.0 Å². The highest BCUT2D eigenvalue weighted by atomic mass is 35.5. The van der Waals surface area contributed by atoms with Crippen molar-refractivity contribution >= 4 is 23.2 Å². The van der Waals surface area contributed by atoms with Crippen molar-refractivity contribution in [3.63, 3.8) is 0 Å². The molecule has 94 valence electrons. The van der Waals surface area contributed by atoms with Crippen molar-refractivity contribution in [1.82, 2.24) is 4.98 Å². The number of benzene rings is 1. The quantitative estimate of drug-likeness (QED) is 0.927. The fourth-order valence-corrected chi connectivity index (χ4v) is 1.88. The SMILES string of the molecule is Cc1cc(CN)cc(Oc2cccc(Cl)c2Cl)n1. The number of nitrogens with two attached hydrogens (primary N) is 1. The predicted octanol–water partition coefficient (Wildman–Crippen LogP) is 3.95. The van der Waals surface area contributed by atoms with Crippen LogP contribution in [0.3, 0.4) is 0 Å². The number of ether oxygens (including phenoxy) is 1. The normalized spacial score (nSPS) is 10.4. The van der Waals surface area contributed by atoms with E-state index in [1.54, 1.807) is 24.3 Å². The van der Waals surface area contributed by atoms with Gasteiger partial charge in [-0.2, -0.15) is 0 Å². The summed E-state index contributed by atoms with van der Waals surface area (Å²) in [6.45, 7) is 2.31. The molecule has 0 aliphatic rings. The molecular formula is C13H12Cl2N2O. The van der Waals surface area contributed by atoms with Gasteiger partial charge < -0.3 is 10.5 Å². The molecule has 0 unspecified atom stereocenters. The van der Waals surface area contributed by atoms with Crippen LogP contribution in [0.15, 0.2) is 30.3 Å². The Morgan fingerprint density at radius 3 is 2.78 bits per heavy atom. The highest BCUT2D eigenvalue weighted by Gasteiger charge is 2.08. The van der Waals surface area contributed by atoms with Gasteiger partial charge in [-0.05, 0) is 30.7 Å². The molecule has 0 saturated carbocycles. The van der Waals surface area contributed by atoms with Crippen LogP contribution in [0.5, 0.6) is 11.6 Å². The van der Waals surface area contributed by atoms with Gasteiger partial charge in [0.25, 0.3) is 0 Å². The Balaban J connectivity index is 2.34. The third-order valence-corrected chi connectivity index (χ3v) is 3.16. The zero-order valence-corrected chi connectivity index (χ0v) is 11.3. The topological polar surface area (TPSA) is 48.1 Å². The molecule has 0 fully saturated rings. The van der Waals surface area contributed by atoms with Gasteiger partial charge in [0.15, 0.2) is 0 Å². The van der Waals surface area contributed by atoms with E-state index in [0.29, 0.717) is 28.2 Å². The minimum absolute atomic E-state index is 0.372. The van der Waals surface area contributed by atoms with E-state index < -0.39 is 0 Å². The number of nitrogens with zero attached hydrogens (tertiary/aromatic N) is 1. The fourth-order valence-electron chi connectivity index (χ4n) is 1.55. The molecule has 3 nitrogen and oxygen atoms in total. The minimum Gasteiger partial charge on any atom is -0.437 e. The maximum atomic E-state index is 6.05. The van der Waals surface area contributed by atoms with Crippen LogP contribution in [0.2, 0.25) is 10.0 Å². The highest BCUT2D eigenvalue weighted by molar-refractivity contribution is 6.42. The number of aryl methyl sites for hydroxylation is 1. The lowest BCUT2D eigenvalue weighted by atomic mass is 10.2. The average Bonchev–Trinajstić information content (AvgIpc) is 2.34. The van der Waals surface area contributed by atoms with E-state index in [0.717, 1.165) is 11.3 Å². The second kappa shape index (κ2) is 5.57. The van der Waals surface area contributed by atoms with Crippen LogP contribution in [0, 0.1) is 6.92 Å². The van der Waals surface area contributed by atoms with Crippen molar-refractivity contribution in [3.05, 3.63) is 51.6 Å². The fraction of sp³-hybridized carbons (Fsp3) is 0.154. The third-order valence-electron chi connectivity index (χ3n) is 2.36. The first-order valence-electron chi connectivity index (χ1n) is 5.39. The summed E-state index contributed by atoms with van der Waals surface area (Å²) >= 11 is 12.0. The number of hydrogen-bond donors (Lipinski definition) is 1. The molecule has 0 aliphatic carbocycles. The molecule has 0 aliphatic heterocycles. The molecule has 0 bridgehead atoms. The van der Waals surface area contributed by atoms with Gasteiger partial charge in [-0.1, -0.05) is 29.3 Å². The number of hydrogen-bond acceptors (Lipinski definition) is 3. The van der Waals surface area contributed by atoms with Crippen LogP contribution < -0.4 is 10.5 Å². The first kappa shape index (κ1) is 13.1. The zero-order valence-electron chi connectivity index (χ0n) is 9.78. The Morgan fingerprint density at radius 1 is 1.28 bits per heavy atom. The van der Waals surface area contributed by atoms with E-state index >= 15 is 0 Å². The van der Waals surface area contributed by atoms with Gasteiger partial charge in [-0.15, -0.1) is 0 Å². The van der Waals surface area contributed by atoms with Crippen molar-refractivity contribution in [2.45, 2.75) is 13.5 Å². The number of pyridine rings is 1. The summed E-state index contributed by atoms with van der Waals surface area (Å²) in [6.07, 6.45) is 0. The molecular weight excluding hydrogens is 271 g/mol.